The maximum absolute atomic E-state index is 12.4. The van der Waals surface area contributed by atoms with E-state index in [1.54, 1.807) is 34.9 Å². The molecule has 64 heavy (non-hydrogen) atoms. The van der Waals surface area contributed by atoms with Gasteiger partial charge in [0.05, 0.1) is 33.9 Å². The van der Waals surface area contributed by atoms with Crippen LogP contribution in [0.5, 0.6) is 0 Å². The van der Waals surface area contributed by atoms with E-state index in [1.807, 2.05) is 36.4 Å². The molecular weight excluding hydrogens is 969 g/mol. The number of hydrogen-bond acceptors (Lipinski definition) is 10. The van der Waals surface area contributed by atoms with Gasteiger partial charge in [0.1, 0.15) is 5.71 Å². The number of nitrogens with one attached hydrogen (secondary N) is 2. The van der Waals surface area contributed by atoms with Crippen LogP contribution in [0.15, 0.2) is 121 Å². The molecule has 1 aromatic carbocycles. The van der Waals surface area contributed by atoms with E-state index in [4.69, 9.17) is 16.6 Å². The average Bonchev–Trinajstić information content (AvgIpc) is 3.93. The number of carboxylic acids is 2. The van der Waals surface area contributed by atoms with Crippen molar-refractivity contribution in [2.24, 2.45) is 0 Å². The summed E-state index contributed by atoms with van der Waals surface area (Å²) in [6.45, 7) is 8.45. The van der Waals surface area contributed by atoms with Gasteiger partial charge in [-0.25, -0.2) is 14.6 Å². The summed E-state index contributed by atoms with van der Waals surface area (Å²) in [5, 5.41) is 36.4. The van der Waals surface area contributed by atoms with Crippen molar-refractivity contribution in [3.8, 4) is 54.8 Å². The van der Waals surface area contributed by atoms with Crippen LogP contribution in [0.4, 0.5) is 13.2 Å². The van der Waals surface area contributed by atoms with E-state index in [-0.39, 0.29) is 53.1 Å². The minimum absolute atomic E-state index is 0. The Morgan fingerprint density at radius 3 is 1.88 bits per heavy atom. The fourth-order valence-electron chi connectivity index (χ4n) is 5.74. The fourth-order valence-corrected chi connectivity index (χ4v) is 7.63. The molecule has 7 aromatic rings. The van der Waals surface area contributed by atoms with Crippen LogP contribution in [-0.4, -0.2) is 59.1 Å². The van der Waals surface area contributed by atoms with Crippen molar-refractivity contribution in [3.05, 3.63) is 159 Å². The monoisotopic (exact) mass is 1010 g/mol. The molecule has 0 amide bonds. The molecule has 0 unspecified atom stereocenters. The molecule has 7 rings (SSSR count). The van der Waals surface area contributed by atoms with E-state index in [0.717, 1.165) is 22.3 Å². The molecule has 18 heteroatoms. The number of benzene rings is 1. The Hall–Kier alpha value is -6.42. The molecule has 0 spiro atoms. The molecule has 4 N–H and O–H groups in total. The second-order valence-corrected chi connectivity index (χ2v) is 16.9. The van der Waals surface area contributed by atoms with Gasteiger partial charge in [-0.15, -0.1) is 28.4 Å². The van der Waals surface area contributed by atoms with Gasteiger partial charge >= 0.3 is 37.6 Å². The fraction of sp³-hybridized carbons (Fsp3) is 0.130. The Balaban J connectivity index is 0.000000274. The summed E-state index contributed by atoms with van der Waals surface area (Å²) in [4.78, 5) is 44.0. The van der Waals surface area contributed by atoms with Crippen LogP contribution >= 0.6 is 34.9 Å². The predicted molar refractivity (Wildman–Crippen MR) is 246 cm³/mol. The van der Waals surface area contributed by atoms with Gasteiger partial charge in [-0.05, 0) is 107 Å². The van der Waals surface area contributed by atoms with E-state index in [1.165, 1.54) is 68.1 Å². The molecule has 0 saturated heterocycles. The normalized spacial score (nSPS) is 11.1. The summed E-state index contributed by atoms with van der Waals surface area (Å²) in [5.41, 5.74) is 12.1. The molecular formula is C46H36F3N7O4RuS3. The molecule has 6 aromatic heterocycles. The maximum Gasteiger partial charge on any atom is 2.00 e. The van der Waals surface area contributed by atoms with Gasteiger partial charge < -0.3 is 21.4 Å². The maximum atomic E-state index is 12.4. The van der Waals surface area contributed by atoms with Crippen molar-refractivity contribution in [1.82, 2.24) is 19.9 Å². The van der Waals surface area contributed by atoms with Gasteiger partial charge in [-0.1, -0.05) is 63.3 Å². The Bertz CT molecular complexity index is 2850. The number of thiophene rings is 2. The molecule has 0 aliphatic rings. The minimum atomic E-state index is -4.76. The van der Waals surface area contributed by atoms with Gasteiger partial charge in [0.2, 0.25) is 0 Å². The number of aromatic nitrogens is 4. The molecule has 0 saturated carbocycles. The molecule has 6 heterocycles. The molecule has 0 radical (unpaired) electrons. The number of carboxylic acid groups (broad SMARTS) is 2. The second kappa shape index (κ2) is 21.8. The molecule has 11 nitrogen and oxygen atoms in total. The van der Waals surface area contributed by atoms with Crippen LogP contribution in [0.1, 0.15) is 57.6 Å². The molecule has 0 bridgehead atoms. The van der Waals surface area contributed by atoms with Crippen molar-refractivity contribution < 1.29 is 52.5 Å². The van der Waals surface area contributed by atoms with Crippen molar-refractivity contribution in [3.63, 3.8) is 0 Å². The van der Waals surface area contributed by atoms with E-state index in [2.05, 4.69) is 83.4 Å². The summed E-state index contributed by atoms with van der Waals surface area (Å²) >= 11 is 7.11. The number of aryl methyl sites for hydroxylation is 1. The summed E-state index contributed by atoms with van der Waals surface area (Å²) in [5.74, 6) is -2.24. The minimum Gasteiger partial charge on any atom is -0.753 e. The van der Waals surface area contributed by atoms with Crippen LogP contribution < -0.4 is 0 Å². The first-order valence-electron chi connectivity index (χ1n) is 18.5. The zero-order chi connectivity index (χ0) is 46.1. The smallest absolute Gasteiger partial charge is 0.753 e. The van der Waals surface area contributed by atoms with Crippen LogP contribution in [-0.2, 0) is 24.9 Å². The van der Waals surface area contributed by atoms with Crippen LogP contribution in [0.2, 0.25) is 0 Å². The third-order valence-corrected chi connectivity index (χ3v) is 11.1. The molecule has 0 atom stereocenters. The number of alkyl halides is 3. The average molecular weight is 1010 g/mol. The van der Waals surface area contributed by atoms with Crippen LogP contribution in [0.25, 0.3) is 71.6 Å². The Kier molecular flexibility index (Phi) is 17.1. The van der Waals surface area contributed by atoms with E-state index >= 15 is 0 Å². The number of isothiocyanates is 1. The standard InChI is InChI=1S/C26H17N3O4S2.C19H19F3N3.CNS.Ru/c1-14-2-3-23(35-14)24-12-18(13-34-24)15-4-6-27-19(8-15)21-10-17(26(32)33)11-22(29-21)20-9-16(25(30)31)5-7-28-20;1-18(2,3)14-7-4-12(5-8-14)13-6-9-16(25-11-13)15(23)10-17(24)19(20,21)22;2-1-3;/h2-13H,1H3,(H,30,31)(H,32,33);4-11,23-24H,1-3H3;;/q;2*-1;+2/b;15-10-,24-17?;;. The quantitative estimate of drug-likeness (QED) is 0.0716. The molecule has 0 fully saturated rings. The van der Waals surface area contributed by atoms with Crippen LogP contribution in [0, 0.1) is 12.3 Å². The topological polar surface area (TPSA) is 196 Å². The molecule has 0 aliphatic carbocycles. The molecule has 326 valence electrons. The van der Waals surface area contributed by atoms with E-state index in [9.17, 15) is 33.0 Å². The van der Waals surface area contributed by atoms with Crippen molar-refractivity contribution in [1.29, 1.82) is 5.41 Å². The summed E-state index contributed by atoms with van der Waals surface area (Å²) < 4.78 is 37.1. The van der Waals surface area contributed by atoms with Crippen molar-refractivity contribution >= 4 is 63.4 Å². The van der Waals surface area contributed by atoms with Gasteiger partial charge in [0.15, 0.2) is 0 Å². The van der Waals surface area contributed by atoms with Gasteiger partial charge in [-0.2, -0.15) is 18.3 Å². The predicted octanol–water partition coefficient (Wildman–Crippen LogP) is 13.0. The zero-order valence-electron chi connectivity index (χ0n) is 34.2. The third kappa shape index (κ3) is 13.3. The number of hydrogen-bond donors (Lipinski definition) is 3. The summed E-state index contributed by atoms with van der Waals surface area (Å²) in [6, 6.07) is 26.8. The summed E-state index contributed by atoms with van der Waals surface area (Å²) in [7, 11) is 0. The number of aromatic carboxylic acids is 2. The number of rotatable bonds is 9. The van der Waals surface area contributed by atoms with Crippen molar-refractivity contribution in [2.75, 3.05) is 0 Å². The van der Waals surface area contributed by atoms with Gasteiger partial charge in [0.25, 0.3) is 0 Å². The Labute approximate surface area is 392 Å². The van der Waals surface area contributed by atoms with Gasteiger partial charge in [0, 0.05) is 44.5 Å². The zero-order valence-corrected chi connectivity index (χ0v) is 38.4. The first-order valence-corrected chi connectivity index (χ1v) is 20.6. The SMILES string of the molecule is CC(C)(C)c1ccc(-c2ccc(/C([NH-])=C/C(=N)C(F)(F)F)nc2)cc1.Cc1ccc(-c2cc(-c3ccnc(-c4cc(C(=O)O)cc(-c5cc(C(=O)O)ccn5)n4)c3)cs2)s1.[N-]=C=S.[Ru+2]. The number of allylic oxidation sites excluding steroid dienone is 1. The number of carbonyl (C=O) groups is 2. The van der Waals surface area contributed by atoms with E-state index < -0.39 is 29.5 Å². The van der Waals surface area contributed by atoms with Crippen LogP contribution in [0.3, 0.4) is 0 Å². The second-order valence-electron chi connectivity index (χ2n) is 14.5. The largest absolute Gasteiger partial charge is 2.00 e. The van der Waals surface area contributed by atoms with Gasteiger partial charge in [-0.3, -0.25) is 20.4 Å². The summed E-state index contributed by atoms with van der Waals surface area (Å²) in [6.07, 6.45) is 0.229. The number of thiocarbonyl (C=S) groups is 1. The number of nitrogens with zero attached hydrogens (tertiary/aromatic N) is 5. The first kappa shape index (κ1) is 50.2. The van der Waals surface area contributed by atoms with Crippen molar-refractivity contribution in [2.45, 2.75) is 39.3 Å². The Morgan fingerprint density at radius 2 is 1.34 bits per heavy atom. The first-order chi connectivity index (χ1) is 29.8. The number of pyridine rings is 4. The molecule has 0 aliphatic heterocycles. The third-order valence-electron chi connectivity index (χ3n) is 9.00. The number of halogens is 3. The Morgan fingerprint density at radius 1 is 0.766 bits per heavy atom. The van der Waals surface area contributed by atoms with E-state index in [0.29, 0.717) is 17.5 Å².